The molecular formula is C14H21ClN2O. The number of nitrogens with zero attached hydrogens (tertiary/aromatic N) is 1. The maximum atomic E-state index is 12.1. The Morgan fingerprint density at radius 2 is 2.17 bits per heavy atom. The summed E-state index contributed by atoms with van der Waals surface area (Å²) >= 11 is 6.09. The van der Waals surface area contributed by atoms with Crippen LogP contribution in [0.4, 0.5) is 5.69 Å². The number of nitrogen functional groups attached to an aromatic ring is 1. The maximum Gasteiger partial charge on any atom is 0.225 e. The van der Waals surface area contributed by atoms with Crippen LogP contribution in [-0.2, 0) is 11.3 Å². The molecule has 3 nitrogen and oxygen atoms in total. The molecule has 1 aromatic rings. The lowest BCUT2D eigenvalue weighted by molar-refractivity contribution is -0.134. The van der Waals surface area contributed by atoms with Gasteiger partial charge >= 0.3 is 0 Å². The van der Waals surface area contributed by atoms with Crippen LogP contribution >= 0.6 is 11.6 Å². The monoisotopic (exact) mass is 268 g/mol. The Kier molecular flexibility index (Phi) is 5.48. The van der Waals surface area contributed by atoms with E-state index >= 15 is 0 Å². The molecule has 0 aliphatic heterocycles. The molecule has 0 saturated carbocycles. The maximum absolute atomic E-state index is 12.1. The van der Waals surface area contributed by atoms with Gasteiger partial charge in [-0.25, -0.2) is 0 Å². The topological polar surface area (TPSA) is 46.3 Å². The van der Waals surface area contributed by atoms with E-state index in [1.807, 2.05) is 13.0 Å². The number of halogens is 1. The predicted molar refractivity (Wildman–Crippen MR) is 76.4 cm³/mol. The van der Waals surface area contributed by atoms with Gasteiger partial charge in [-0.3, -0.25) is 4.79 Å². The summed E-state index contributed by atoms with van der Waals surface area (Å²) in [4.78, 5) is 13.8. The van der Waals surface area contributed by atoms with Crippen molar-refractivity contribution in [2.75, 3.05) is 12.8 Å². The lowest BCUT2D eigenvalue weighted by Crippen LogP contribution is -2.31. The highest BCUT2D eigenvalue weighted by Crippen LogP contribution is 2.21. The van der Waals surface area contributed by atoms with E-state index < -0.39 is 0 Å². The molecule has 0 spiro atoms. The SMILES string of the molecule is CCCC(C)C(=O)N(C)Cc1cc(N)ccc1Cl. The summed E-state index contributed by atoms with van der Waals surface area (Å²) in [5.41, 5.74) is 7.27. The second-order valence-corrected chi connectivity index (χ2v) is 5.14. The zero-order valence-electron chi connectivity index (χ0n) is 11.2. The Balaban J connectivity index is 2.72. The van der Waals surface area contributed by atoms with Crippen molar-refractivity contribution < 1.29 is 4.79 Å². The minimum Gasteiger partial charge on any atom is -0.399 e. The lowest BCUT2D eigenvalue weighted by atomic mass is 10.0. The number of carbonyl (C=O) groups excluding carboxylic acids is 1. The predicted octanol–water partition coefficient (Wildman–Crippen LogP) is 3.32. The fraction of sp³-hybridized carbons (Fsp3) is 0.500. The van der Waals surface area contributed by atoms with Crippen LogP contribution in [0.2, 0.25) is 5.02 Å². The van der Waals surface area contributed by atoms with E-state index in [0.717, 1.165) is 18.4 Å². The van der Waals surface area contributed by atoms with Crippen molar-refractivity contribution in [1.29, 1.82) is 0 Å². The lowest BCUT2D eigenvalue weighted by Gasteiger charge is -2.22. The summed E-state index contributed by atoms with van der Waals surface area (Å²) in [5, 5.41) is 0.645. The number of hydrogen-bond donors (Lipinski definition) is 1. The molecule has 2 N–H and O–H groups in total. The molecule has 0 aliphatic carbocycles. The molecule has 0 heterocycles. The second kappa shape index (κ2) is 6.64. The second-order valence-electron chi connectivity index (χ2n) is 4.73. The van der Waals surface area contributed by atoms with Gasteiger partial charge in [0.2, 0.25) is 5.91 Å². The van der Waals surface area contributed by atoms with Crippen LogP contribution in [0.25, 0.3) is 0 Å². The molecular weight excluding hydrogens is 248 g/mol. The van der Waals surface area contributed by atoms with Crippen molar-refractivity contribution in [2.24, 2.45) is 5.92 Å². The van der Waals surface area contributed by atoms with Gasteiger partial charge in [0.05, 0.1) is 0 Å². The van der Waals surface area contributed by atoms with Gasteiger partial charge in [-0.05, 0) is 30.2 Å². The Labute approximate surface area is 114 Å². The number of benzene rings is 1. The first-order valence-corrected chi connectivity index (χ1v) is 6.62. The van der Waals surface area contributed by atoms with E-state index in [0.29, 0.717) is 17.3 Å². The third kappa shape index (κ3) is 3.91. The molecule has 18 heavy (non-hydrogen) atoms. The van der Waals surface area contributed by atoms with E-state index in [1.54, 1.807) is 24.1 Å². The number of nitrogens with two attached hydrogens (primary N) is 1. The highest BCUT2D eigenvalue weighted by Gasteiger charge is 2.17. The minimum atomic E-state index is 0.0554. The van der Waals surface area contributed by atoms with Crippen molar-refractivity contribution in [1.82, 2.24) is 4.90 Å². The fourth-order valence-electron chi connectivity index (χ4n) is 1.98. The molecule has 1 atom stereocenters. The average Bonchev–Trinajstić information content (AvgIpc) is 2.33. The van der Waals surface area contributed by atoms with E-state index in [2.05, 4.69) is 6.92 Å². The molecule has 4 heteroatoms. The Hall–Kier alpha value is -1.22. The summed E-state index contributed by atoms with van der Waals surface area (Å²) in [6, 6.07) is 5.34. The molecule has 1 rings (SSSR count). The molecule has 0 radical (unpaired) electrons. The van der Waals surface area contributed by atoms with Gasteiger partial charge in [-0.2, -0.15) is 0 Å². The zero-order valence-corrected chi connectivity index (χ0v) is 12.0. The largest absolute Gasteiger partial charge is 0.399 e. The smallest absolute Gasteiger partial charge is 0.225 e. The van der Waals surface area contributed by atoms with Crippen molar-refractivity contribution >= 4 is 23.2 Å². The normalized spacial score (nSPS) is 12.2. The number of anilines is 1. The quantitative estimate of drug-likeness (QED) is 0.833. The van der Waals surface area contributed by atoms with Crippen LogP contribution in [0.15, 0.2) is 18.2 Å². The van der Waals surface area contributed by atoms with Crippen molar-refractivity contribution in [3.63, 3.8) is 0 Å². The van der Waals surface area contributed by atoms with E-state index in [-0.39, 0.29) is 11.8 Å². The molecule has 0 aromatic heterocycles. The van der Waals surface area contributed by atoms with Gasteiger partial charge in [0.1, 0.15) is 0 Å². The molecule has 0 aliphatic rings. The van der Waals surface area contributed by atoms with Gasteiger partial charge in [-0.15, -0.1) is 0 Å². The third-order valence-corrected chi connectivity index (χ3v) is 3.37. The van der Waals surface area contributed by atoms with Crippen LogP contribution < -0.4 is 5.73 Å². The molecule has 0 bridgehead atoms. The first-order valence-electron chi connectivity index (χ1n) is 6.24. The number of hydrogen-bond acceptors (Lipinski definition) is 2. The fourth-order valence-corrected chi connectivity index (χ4v) is 2.16. The van der Waals surface area contributed by atoms with Gasteiger partial charge in [0.25, 0.3) is 0 Å². The Morgan fingerprint density at radius 1 is 1.50 bits per heavy atom. The van der Waals surface area contributed by atoms with Crippen molar-refractivity contribution in [3.8, 4) is 0 Å². The third-order valence-electron chi connectivity index (χ3n) is 3.00. The van der Waals surface area contributed by atoms with Crippen LogP contribution in [-0.4, -0.2) is 17.9 Å². The molecule has 1 aromatic carbocycles. The van der Waals surface area contributed by atoms with Crippen LogP contribution in [0, 0.1) is 5.92 Å². The van der Waals surface area contributed by atoms with Crippen LogP contribution in [0.1, 0.15) is 32.3 Å². The molecule has 0 fully saturated rings. The highest BCUT2D eigenvalue weighted by atomic mass is 35.5. The van der Waals surface area contributed by atoms with Gasteiger partial charge in [0.15, 0.2) is 0 Å². The molecule has 1 unspecified atom stereocenters. The minimum absolute atomic E-state index is 0.0554. The number of amides is 1. The van der Waals surface area contributed by atoms with E-state index in [1.165, 1.54) is 0 Å². The number of carbonyl (C=O) groups is 1. The Morgan fingerprint density at radius 3 is 2.78 bits per heavy atom. The van der Waals surface area contributed by atoms with Crippen molar-refractivity contribution in [2.45, 2.75) is 33.2 Å². The summed E-state index contributed by atoms with van der Waals surface area (Å²) in [7, 11) is 1.80. The first kappa shape index (κ1) is 14.8. The van der Waals surface area contributed by atoms with E-state index in [9.17, 15) is 4.79 Å². The summed E-state index contributed by atoms with van der Waals surface area (Å²) in [5.74, 6) is 0.204. The summed E-state index contributed by atoms with van der Waals surface area (Å²) in [6.45, 7) is 4.54. The van der Waals surface area contributed by atoms with Crippen LogP contribution in [0.5, 0.6) is 0 Å². The Bertz CT molecular complexity index is 420. The molecule has 1 amide bonds. The molecule has 0 saturated heterocycles. The summed E-state index contributed by atoms with van der Waals surface area (Å²) in [6.07, 6.45) is 1.92. The first-order chi connectivity index (χ1) is 8.45. The molecule has 100 valence electrons. The van der Waals surface area contributed by atoms with Crippen molar-refractivity contribution in [3.05, 3.63) is 28.8 Å². The highest BCUT2D eigenvalue weighted by molar-refractivity contribution is 6.31. The van der Waals surface area contributed by atoms with Gasteiger partial charge in [-0.1, -0.05) is 31.9 Å². The van der Waals surface area contributed by atoms with E-state index in [4.69, 9.17) is 17.3 Å². The zero-order chi connectivity index (χ0) is 13.7. The standard InChI is InChI=1S/C14H21ClN2O/c1-4-5-10(2)14(18)17(3)9-11-8-12(16)6-7-13(11)15/h6-8,10H,4-5,9,16H2,1-3H3. The summed E-state index contributed by atoms with van der Waals surface area (Å²) < 4.78 is 0. The number of rotatable bonds is 5. The van der Waals surface area contributed by atoms with Gasteiger partial charge < -0.3 is 10.6 Å². The average molecular weight is 269 g/mol. The van der Waals surface area contributed by atoms with Gasteiger partial charge in [0, 0.05) is 30.2 Å². The van der Waals surface area contributed by atoms with Crippen LogP contribution in [0.3, 0.4) is 0 Å².